The molecule has 0 bridgehead atoms. The lowest BCUT2D eigenvalue weighted by molar-refractivity contribution is 0.389. The molecular weight excluding hydrogens is 296 g/mol. The molecular formula is C18H18O3S. The molecule has 0 heterocycles. The van der Waals surface area contributed by atoms with E-state index in [1.165, 1.54) is 24.3 Å². The van der Waals surface area contributed by atoms with Crippen molar-refractivity contribution in [3.63, 3.8) is 0 Å². The second-order valence-electron chi connectivity index (χ2n) is 4.65. The van der Waals surface area contributed by atoms with E-state index in [1.54, 1.807) is 36.4 Å². The predicted molar refractivity (Wildman–Crippen MR) is 89.3 cm³/mol. The molecule has 3 rings (SSSR count). The maximum Gasteiger partial charge on any atom is 0.135 e. The van der Waals surface area contributed by atoms with Crippen LogP contribution in [0.1, 0.15) is 0 Å². The first kappa shape index (κ1) is 16.1. The van der Waals surface area contributed by atoms with E-state index in [2.05, 4.69) is 0 Å². The highest BCUT2D eigenvalue weighted by molar-refractivity contribution is 8.10. The summed E-state index contributed by atoms with van der Waals surface area (Å²) in [4.78, 5) is 0.0106. The maximum absolute atomic E-state index is 12.3. The number of hydrogen-bond donors (Lipinski definition) is 2. The quantitative estimate of drug-likeness (QED) is 0.729. The molecule has 0 fully saturated rings. The van der Waals surface area contributed by atoms with Crippen LogP contribution < -0.4 is 0 Å². The summed E-state index contributed by atoms with van der Waals surface area (Å²) in [6.07, 6.45) is 0. The molecule has 22 heavy (non-hydrogen) atoms. The molecule has 0 spiro atoms. The molecule has 0 aliphatic heterocycles. The minimum absolute atomic E-state index is 0.00528. The molecule has 3 aromatic carbocycles. The van der Waals surface area contributed by atoms with Crippen LogP contribution in [0.5, 0.6) is 0 Å². The second-order valence-corrected chi connectivity index (χ2v) is 7.32. The van der Waals surface area contributed by atoms with Gasteiger partial charge in [0.15, 0.2) is 0 Å². The summed E-state index contributed by atoms with van der Waals surface area (Å²) >= 11 is 0. The van der Waals surface area contributed by atoms with Gasteiger partial charge in [-0.2, -0.15) is 0 Å². The summed E-state index contributed by atoms with van der Waals surface area (Å²) in [6, 6.07) is 27.6. The van der Waals surface area contributed by atoms with E-state index in [-0.39, 0.29) is 9.79 Å². The van der Waals surface area contributed by atoms with E-state index >= 15 is 0 Å². The van der Waals surface area contributed by atoms with Crippen LogP contribution in [0.2, 0.25) is 0 Å². The van der Waals surface area contributed by atoms with Gasteiger partial charge in [-0.1, -0.05) is 72.8 Å². The van der Waals surface area contributed by atoms with E-state index in [1.807, 2.05) is 36.4 Å². The largest absolute Gasteiger partial charge is 0.301 e. The van der Waals surface area contributed by atoms with E-state index in [0.717, 1.165) is 0 Å². The van der Waals surface area contributed by atoms with Crippen LogP contribution in [-0.2, 0) is 9.63 Å². The van der Waals surface area contributed by atoms with Gasteiger partial charge in [0.25, 0.3) is 0 Å². The van der Waals surface area contributed by atoms with Crippen LogP contribution in [0.3, 0.4) is 0 Å². The lowest BCUT2D eigenvalue weighted by atomic mass is 10.4. The van der Waals surface area contributed by atoms with Crippen molar-refractivity contribution >= 4 is 9.63 Å². The Morgan fingerprint density at radius 2 is 0.727 bits per heavy atom. The number of hydrogen-bond acceptors (Lipinski definition) is 1. The first-order chi connectivity index (χ1) is 10.5. The van der Waals surface area contributed by atoms with Crippen molar-refractivity contribution in [2.75, 3.05) is 0 Å². The van der Waals surface area contributed by atoms with Crippen LogP contribution in [0.25, 0.3) is 0 Å². The molecule has 0 atom stereocenters. The smallest absolute Gasteiger partial charge is 0.135 e. The van der Waals surface area contributed by atoms with Crippen molar-refractivity contribution in [1.82, 2.24) is 0 Å². The molecule has 0 saturated carbocycles. The fourth-order valence-corrected chi connectivity index (χ4v) is 3.42. The van der Waals surface area contributed by atoms with Crippen LogP contribution in [0, 0.1) is 0 Å². The fourth-order valence-electron chi connectivity index (χ4n) is 1.85. The summed E-state index contributed by atoms with van der Waals surface area (Å²) in [5.41, 5.74) is 0. The first-order valence-corrected chi connectivity index (χ1v) is 8.64. The van der Waals surface area contributed by atoms with Crippen molar-refractivity contribution in [2.45, 2.75) is 9.79 Å². The van der Waals surface area contributed by atoms with Crippen molar-refractivity contribution in [2.24, 2.45) is 0 Å². The highest BCUT2D eigenvalue weighted by atomic mass is 32.3. The van der Waals surface area contributed by atoms with Gasteiger partial charge in [0.1, 0.15) is 9.63 Å². The standard InChI is InChI=1S/C12H12O3S.C6H6/c13-16(14,15,11-7-3-1-4-8-11)12-9-5-2-6-10-12;1-2-4-6-5-3-1/h1-10H,(H2,13,14,15);1-6H. The van der Waals surface area contributed by atoms with Crippen LogP contribution in [0.4, 0.5) is 0 Å². The van der Waals surface area contributed by atoms with Crippen molar-refractivity contribution < 1.29 is 13.3 Å². The predicted octanol–water partition coefficient (Wildman–Crippen LogP) is 4.56. The molecule has 0 aromatic heterocycles. The third-order valence-electron chi connectivity index (χ3n) is 3.00. The summed E-state index contributed by atoms with van der Waals surface area (Å²) in [6.45, 7) is 0. The third kappa shape index (κ3) is 3.89. The highest BCUT2D eigenvalue weighted by Crippen LogP contribution is 2.36. The molecule has 4 heteroatoms. The first-order valence-electron chi connectivity index (χ1n) is 6.76. The van der Waals surface area contributed by atoms with Gasteiger partial charge in [-0.3, -0.25) is 0 Å². The van der Waals surface area contributed by atoms with E-state index in [4.69, 9.17) is 0 Å². The molecule has 3 nitrogen and oxygen atoms in total. The lowest BCUT2D eigenvalue weighted by Crippen LogP contribution is -2.31. The van der Waals surface area contributed by atoms with Gasteiger partial charge in [-0.15, -0.1) is 0 Å². The fraction of sp³-hybridized carbons (Fsp3) is 0. The Kier molecular flexibility index (Phi) is 4.88. The monoisotopic (exact) mass is 314 g/mol. The molecule has 114 valence electrons. The average molecular weight is 314 g/mol. The van der Waals surface area contributed by atoms with Crippen LogP contribution in [0.15, 0.2) is 107 Å². The topological polar surface area (TPSA) is 57.5 Å². The summed E-state index contributed by atoms with van der Waals surface area (Å²) in [5, 5.41) is 0. The van der Waals surface area contributed by atoms with Gasteiger partial charge < -0.3 is 9.11 Å². The molecule has 0 amide bonds. The van der Waals surface area contributed by atoms with Crippen molar-refractivity contribution in [3.05, 3.63) is 97.1 Å². The molecule has 0 aliphatic rings. The highest BCUT2D eigenvalue weighted by Gasteiger charge is 2.34. The van der Waals surface area contributed by atoms with Gasteiger partial charge in [0.2, 0.25) is 0 Å². The zero-order chi connectivity index (χ0) is 15.9. The Hall–Kier alpha value is -2.27. The zero-order valence-electron chi connectivity index (χ0n) is 11.9. The Bertz CT molecular complexity index is 678. The van der Waals surface area contributed by atoms with Crippen LogP contribution in [-0.4, -0.2) is 13.3 Å². The second kappa shape index (κ2) is 6.66. The lowest BCUT2D eigenvalue weighted by Gasteiger charge is -2.31. The summed E-state index contributed by atoms with van der Waals surface area (Å²) in [5.74, 6) is 0. The maximum atomic E-state index is 12.3. The summed E-state index contributed by atoms with van der Waals surface area (Å²) in [7, 11) is -4.91. The van der Waals surface area contributed by atoms with E-state index in [9.17, 15) is 13.3 Å². The Morgan fingerprint density at radius 3 is 1.00 bits per heavy atom. The van der Waals surface area contributed by atoms with Crippen molar-refractivity contribution in [1.29, 1.82) is 0 Å². The van der Waals surface area contributed by atoms with Gasteiger partial charge in [0.05, 0.1) is 9.79 Å². The van der Waals surface area contributed by atoms with Gasteiger partial charge >= 0.3 is 0 Å². The zero-order valence-corrected chi connectivity index (χ0v) is 12.8. The van der Waals surface area contributed by atoms with E-state index < -0.39 is 9.63 Å². The molecule has 3 aromatic rings. The molecule has 0 saturated heterocycles. The summed E-state index contributed by atoms with van der Waals surface area (Å²) < 4.78 is 32.4. The minimum atomic E-state index is -4.91. The average Bonchev–Trinajstić information content (AvgIpc) is 2.58. The van der Waals surface area contributed by atoms with Gasteiger partial charge in [-0.05, 0) is 24.3 Å². The Balaban J connectivity index is 0.000000246. The molecule has 2 N–H and O–H groups in total. The number of benzene rings is 3. The SMILES string of the molecule is O=S(O)(O)(c1ccccc1)c1ccccc1.c1ccccc1. The number of rotatable bonds is 2. The van der Waals surface area contributed by atoms with Gasteiger partial charge in [-0.25, -0.2) is 4.21 Å². The third-order valence-corrected chi connectivity index (χ3v) is 5.25. The normalized spacial score (nSPS) is 12.4. The Morgan fingerprint density at radius 1 is 0.500 bits per heavy atom. The molecule has 0 unspecified atom stereocenters. The van der Waals surface area contributed by atoms with Crippen molar-refractivity contribution in [3.8, 4) is 0 Å². The molecule has 0 aliphatic carbocycles. The van der Waals surface area contributed by atoms with E-state index in [0.29, 0.717) is 0 Å². The Labute approximate surface area is 130 Å². The molecule has 0 radical (unpaired) electrons. The minimum Gasteiger partial charge on any atom is -0.301 e. The van der Waals surface area contributed by atoms with Crippen LogP contribution >= 0.6 is 0 Å². The van der Waals surface area contributed by atoms with Gasteiger partial charge in [0, 0.05) is 0 Å².